The average Bonchev–Trinajstić information content (AvgIpc) is 3.12. The molecule has 8 heteroatoms. The minimum absolute atomic E-state index is 0.0467. The molecule has 4 aliphatic carbocycles. The maximum atomic E-state index is 12.8. The number of aromatic nitrogens is 2. The smallest absolute Gasteiger partial charge is 0.410 e. The summed E-state index contributed by atoms with van der Waals surface area (Å²) < 4.78 is 5.97. The van der Waals surface area contributed by atoms with E-state index in [1.165, 1.54) is 6.20 Å². The molecule has 1 aromatic heterocycles. The molecule has 0 spiro atoms. The number of hydrogen-bond acceptors (Lipinski definition) is 7. The second-order valence-electron chi connectivity index (χ2n) is 9.02. The lowest BCUT2D eigenvalue weighted by Gasteiger charge is -2.57. The first-order valence-electron chi connectivity index (χ1n) is 10.2. The van der Waals surface area contributed by atoms with Gasteiger partial charge in [0.15, 0.2) is 5.69 Å². The SMILES string of the molecule is N#Cc1cncc(N[C@@H]2CCN(C(=O)OC3C4CC5C[C@H]3CC(O)(C5)C4)C2)n1. The van der Waals surface area contributed by atoms with Crippen molar-refractivity contribution >= 4 is 11.9 Å². The number of carbonyl (C=O) groups excluding carboxylic acids is 1. The van der Waals surface area contributed by atoms with E-state index in [0.717, 1.165) is 38.5 Å². The second-order valence-corrected chi connectivity index (χ2v) is 9.02. The molecule has 4 saturated carbocycles. The quantitative estimate of drug-likeness (QED) is 0.820. The third-order valence-electron chi connectivity index (χ3n) is 6.94. The molecule has 2 heterocycles. The Morgan fingerprint density at radius 3 is 2.82 bits per heavy atom. The number of hydrogen-bond donors (Lipinski definition) is 2. The molecule has 6 atom stereocenters. The van der Waals surface area contributed by atoms with Crippen molar-refractivity contribution in [1.29, 1.82) is 5.26 Å². The van der Waals surface area contributed by atoms with Crippen LogP contribution in [0.3, 0.4) is 0 Å². The van der Waals surface area contributed by atoms with E-state index in [9.17, 15) is 9.90 Å². The summed E-state index contributed by atoms with van der Waals surface area (Å²) in [5, 5.41) is 22.9. The van der Waals surface area contributed by atoms with Crippen LogP contribution >= 0.6 is 0 Å². The maximum absolute atomic E-state index is 12.8. The molecule has 2 N–H and O–H groups in total. The van der Waals surface area contributed by atoms with Gasteiger partial charge in [0.05, 0.1) is 18.0 Å². The molecule has 1 aromatic rings. The van der Waals surface area contributed by atoms with Crippen LogP contribution in [0.15, 0.2) is 12.4 Å². The van der Waals surface area contributed by atoms with Gasteiger partial charge < -0.3 is 20.1 Å². The number of amides is 1. The molecule has 4 bridgehead atoms. The number of nitrogens with zero attached hydrogens (tertiary/aromatic N) is 4. The van der Waals surface area contributed by atoms with Gasteiger partial charge in [-0.15, -0.1) is 0 Å². The maximum Gasteiger partial charge on any atom is 0.410 e. The third-order valence-corrected chi connectivity index (χ3v) is 6.94. The highest BCUT2D eigenvalue weighted by Crippen LogP contribution is 2.56. The number of nitriles is 1. The summed E-state index contributed by atoms with van der Waals surface area (Å²) in [6, 6.07) is 2.04. The molecular weight excluding hydrogens is 358 g/mol. The van der Waals surface area contributed by atoms with Crippen molar-refractivity contribution < 1.29 is 14.6 Å². The van der Waals surface area contributed by atoms with E-state index in [-0.39, 0.29) is 23.9 Å². The van der Waals surface area contributed by atoms with Crippen molar-refractivity contribution in [1.82, 2.24) is 14.9 Å². The topological polar surface area (TPSA) is 111 Å². The van der Waals surface area contributed by atoms with Crippen molar-refractivity contribution in [3.63, 3.8) is 0 Å². The first-order valence-corrected chi connectivity index (χ1v) is 10.2. The Morgan fingerprint density at radius 2 is 2.11 bits per heavy atom. The van der Waals surface area contributed by atoms with Crippen molar-refractivity contribution in [3.05, 3.63) is 18.1 Å². The number of carbonyl (C=O) groups is 1. The van der Waals surface area contributed by atoms with Gasteiger partial charge in [-0.1, -0.05) is 0 Å². The lowest BCUT2D eigenvalue weighted by atomic mass is 9.53. The van der Waals surface area contributed by atoms with Gasteiger partial charge in [-0.25, -0.2) is 9.78 Å². The Balaban J connectivity index is 1.18. The first-order chi connectivity index (χ1) is 13.5. The molecule has 1 saturated heterocycles. The molecular formula is C20H25N5O3. The molecule has 5 aliphatic rings. The van der Waals surface area contributed by atoms with Gasteiger partial charge in [0, 0.05) is 19.1 Å². The van der Waals surface area contributed by atoms with E-state index in [1.807, 2.05) is 6.07 Å². The van der Waals surface area contributed by atoms with Gasteiger partial charge in [-0.05, 0) is 56.3 Å². The van der Waals surface area contributed by atoms with Crippen LogP contribution in [0.5, 0.6) is 0 Å². The molecule has 0 radical (unpaired) electrons. The van der Waals surface area contributed by atoms with E-state index in [2.05, 4.69) is 15.3 Å². The Kier molecular flexibility index (Phi) is 4.16. The minimum Gasteiger partial charge on any atom is -0.446 e. The van der Waals surface area contributed by atoms with Gasteiger partial charge in [0.1, 0.15) is 18.0 Å². The molecule has 8 nitrogen and oxygen atoms in total. The van der Waals surface area contributed by atoms with Crippen molar-refractivity contribution in [2.75, 3.05) is 18.4 Å². The molecule has 6 rings (SSSR count). The summed E-state index contributed by atoms with van der Waals surface area (Å²) in [4.78, 5) is 22.7. The van der Waals surface area contributed by atoms with E-state index in [0.29, 0.717) is 36.7 Å². The fourth-order valence-electron chi connectivity index (χ4n) is 6.06. The van der Waals surface area contributed by atoms with Crippen molar-refractivity contribution in [2.24, 2.45) is 17.8 Å². The molecule has 28 heavy (non-hydrogen) atoms. The minimum atomic E-state index is -0.513. The normalized spacial score (nSPS) is 38.3. The van der Waals surface area contributed by atoms with Crippen LogP contribution in [0, 0.1) is 29.1 Å². The largest absolute Gasteiger partial charge is 0.446 e. The van der Waals surface area contributed by atoms with E-state index in [4.69, 9.17) is 10.00 Å². The van der Waals surface area contributed by atoms with Crippen LogP contribution in [-0.2, 0) is 4.74 Å². The Morgan fingerprint density at radius 1 is 1.32 bits per heavy atom. The summed E-state index contributed by atoms with van der Waals surface area (Å²) in [7, 11) is 0. The number of ether oxygens (including phenoxy) is 1. The highest BCUT2D eigenvalue weighted by Gasteiger charge is 2.56. The van der Waals surface area contributed by atoms with Crippen molar-refractivity contribution in [3.8, 4) is 6.07 Å². The highest BCUT2D eigenvalue weighted by atomic mass is 16.6. The van der Waals surface area contributed by atoms with Gasteiger partial charge in [0.25, 0.3) is 0 Å². The molecule has 1 aliphatic heterocycles. The van der Waals surface area contributed by atoms with Gasteiger partial charge in [-0.2, -0.15) is 5.26 Å². The Hall–Kier alpha value is -2.40. The number of anilines is 1. The zero-order valence-corrected chi connectivity index (χ0v) is 15.8. The first kappa shape index (κ1) is 17.7. The van der Waals surface area contributed by atoms with Gasteiger partial charge in [-0.3, -0.25) is 4.98 Å². The molecule has 0 aromatic carbocycles. The van der Waals surface area contributed by atoms with Crippen LogP contribution in [0.1, 0.15) is 44.2 Å². The molecule has 5 fully saturated rings. The van der Waals surface area contributed by atoms with Crippen LogP contribution in [0.4, 0.5) is 10.6 Å². The van der Waals surface area contributed by atoms with E-state index in [1.54, 1.807) is 11.1 Å². The van der Waals surface area contributed by atoms with Crippen molar-refractivity contribution in [2.45, 2.75) is 56.3 Å². The number of nitrogens with one attached hydrogen (secondary N) is 1. The lowest BCUT2D eigenvalue weighted by Crippen LogP contribution is -2.58. The third kappa shape index (κ3) is 3.18. The van der Waals surface area contributed by atoms with Crippen LogP contribution in [0.2, 0.25) is 0 Å². The summed E-state index contributed by atoms with van der Waals surface area (Å²) in [6.07, 6.45) is 8.14. The van der Waals surface area contributed by atoms with Gasteiger partial charge in [0.2, 0.25) is 0 Å². The summed E-state index contributed by atoms with van der Waals surface area (Å²) in [6.45, 7) is 1.18. The fourth-order valence-corrected chi connectivity index (χ4v) is 6.06. The van der Waals surface area contributed by atoms with Crippen LogP contribution < -0.4 is 5.32 Å². The predicted molar refractivity (Wildman–Crippen MR) is 99.1 cm³/mol. The Labute approximate surface area is 163 Å². The zero-order chi connectivity index (χ0) is 19.3. The predicted octanol–water partition coefficient (Wildman–Crippen LogP) is 1.91. The second kappa shape index (κ2) is 6.59. The fraction of sp³-hybridized carbons (Fsp3) is 0.700. The molecule has 1 amide bonds. The number of likely N-dealkylation sites (tertiary alicyclic amines) is 1. The van der Waals surface area contributed by atoms with Gasteiger partial charge >= 0.3 is 6.09 Å². The molecule has 4 unspecified atom stereocenters. The average molecular weight is 383 g/mol. The number of aliphatic hydroxyl groups is 1. The van der Waals surface area contributed by atoms with Crippen LogP contribution in [-0.4, -0.2) is 56.9 Å². The molecule has 148 valence electrons. The standard InChI is InChI=1S/C20H25N5O3/c21-8-16-9-22-10-17(24-16)23-15-1-2-25(11-15)19(26)28-18-13-3-12-4-14(18)7-20(27,5-12)6-13/h9-10,12-15,18,27H,1-7,11H2,(H,23,24)/t12?,13-,14?,15+,18?,20?/m0/s1. The summed E-state index contributed by atoms with van der Waals surface area (Å²) >= 11 is 0. The Bertz CT molecular complexity index is 808. The van der Waals surface area contributed by atoms with Crippen LogP contribution in [0.25, 0.3) is 0 Å². The monoisotopic (exact) mass is 383 g/mol. The lowest BCUT2D eigenvalue weighted by molar-refractivity contribution is -0.177. The summed E-state index contributed by atoms with van der Waals surface area (Å²) in [5.41, 5.74) is -0.246. The van der Waals surface area contributed by atoms with E-state index >= 15 is 0 Å². The number of rotatable bonds is 3. The summed E-state index contributed by atoms with van der Waals surface area (Å²) in [5.74, 6) is 1.76. The zero-order valence-electron chi connectivity index (χ0n) is 15.8. The van der Waals surface area contributed by atoms with E-state index < -0.39 is 5.60 Å². The highest BCUT2D eigenvalue weighted by molar-refractivity contribution is 5.68.